The Balaban J connectivity index is 1.78. The van der Waals surface area contributed by atoms with Gasteiger partial charge in [-0.1, -0.05) is 12.1 Å². The van der Waals surface area contributed by atoms with Crippen LogP contribution in [0.4, 0.5) is 0 Å². The van der Waals surface area contributed by atoms with Crippen LogP contribution in [0.15, 0.2) is 29.4 Å². The van der Waals surface area contributed by atoms with Crippen molar-refractivity contribution in [2.24, 2.45) is 5.10 Å². The number of morpholine rings is 1. The maximum absolute atomic E-state index is 11.7. The molecular weight excluding hydrogens is 286 g/mol. The Morgan fingerprint density at radius 3 is 2.64 bits per heavy atom. The summed E-state index contributed by atoms with van der Waals surface area (Å²) in [6, 6.07) is 6.74. The van der Waals surface area contributed by atoms with Gasteiger partial charge in [-0.15, -0.1) is 0 Å². The normalized spacial score (nSPS) is 15.7. The fraction of sp³-hybridized carbons (Fsp3) is 0.400. The van der Waals surface area contributed by atoms with Gasteiger partial charge in [0.25, 0.3) is 5.91 Å². The monoisotopic (exact) mass is 305 g/mol. The molecule has 0 bridgehead atoms. The van der Waals surface area contributed by atoms with E-state index in [2.05, 4.69) is 15.3 Å². The first-order chi connectivity index (χ1) is 10.7. The van der Waals surface area contributed by atoms with Crippen molar-refractivity contribution >= 4 is 18.1 Å². The van der Waals surface area contributed by atoms with Crippen molar-refractivity contribution in [2.75, 3.05) is 40.0 Å². The van der Waals surface area contributed by atoms with E-state index >= 15 is 0 Å². The number of hydrogen-bond acceptors (Lipinski definition) is 6. The molecule has 1 N–H and O–H groups in total. The first kappa shape index (κ1) is 16.1. The van der Waals surface area contributed by atoms with Gasteiger partial charge >= 0.3 is 5.97 Å². The van der Waals surface area contributed by atoms with Gasteiger partial charge in [0, 0.05) is 13.1 Å². The van der Waals surface area contributed by atoms with Crippen LogP contribution < -0.4 is 5.43 Å². The molecule has 118 valence electrons. The molecule has 0 atom stereocenters. The molecule has 0 aliphatic carbocycles. The van der Waals surface area contributed by atoms with Crippen LogP contribution >= 0.6 is 0 Å². The third kappa shape index (κ3) is 4.94. The Morgan fingerprint density at radius 1 is 1.32 bits per heavy atom. The first-order valence-corrected chi connectivity index (χ1v) is 6.99. The Labute approximate surface area is 128 Å². The van der Waals surface area contributed by atoms with E-state index in [1.165, 1.54) is 13.3 Å². The van der Waals surface area contributed by atoms with Gasteiger partial charge in [-0.3, -0.25) is 9.69 Å². The average molecular weight is 305 g/mol. The van der Waals surface area contributed by atoms with Crippen LogP contribution in [-0.2, 0) is 14.3 Å². The minimum absolute atomic E-state index is 0.163. The van der Waals surface area contributed by atoms with Crippen molar-refractivity contribution in [1.82, 2.24) is 10.3 Å². The van der Waals surface area contributed by atoms with Gasteiger partial charge in [0.1, 0.15) is 0 Å². The lowest BCUT2D eigenvalue weighted by Crippen LogP contribution is -2.42. The molecule has 1 fully saturated rings. The number of methoxy groups -OCH3 is 1. The zero-order valence-electron chi connectivity index (χ0n) is 12.4. The topological polar surface area (TPSA) is 80.2 Å². The fourth-order valence-electron chi connectivity index (χ4n) is 2.00. The highest BCUT2D eigenvalue weighted by molar-refractivity contribution is 5.90. The molecule has 7 nitrogen and oxygen atoms in total. The standard InChI is InChI=1S/C15H19N3O4/c1-21-15(20)13-4-2-12(3-5-13)10-16-17-14(19)11-18-6-8-22-9-7-18/h2-5,10H,6-9,11H2,1H3,(H,17,19)/b16-10-. The molecule has 1 heterocycles. The lowest BCUT2D eigenvalue weighted by Gasteiger charge is -2.25. The molecule has 0 saturated carbocycles. The predicted octanol–water partition coefficient (Wildman–Crippen LogP) is 0.256. The zero-order chi connectivity index (χ0) is 15.8. The van der Waals surface area contributed by atoms with E-state index in [0.29, 0.717) is 25.3 Å². The van der Waals surface area contributed by atoms with Gasteiger partial charge in [-0.25, -0.2) is 10.2 Å². The number of carbonyl (C=O) groups is 2. The van der Waals surface area contributed by atoms with Crippen LogP contribution in [-0.4, -0.2) is 62.9 Å². The molecule has 0 spiro atoms. The number of nitrogens with zero attached hydrogens (tertiary/aromatic N) is 2. The summed E-state index contributed by atoms with van der Waals surface area (Å²) in [6.45, 7) is 3.13. The molecule has 1 aromatic carbocycles. The zero-order valence-corrected chi connectivity index (χ0v) is 12.4. The Hall–Kier alpha value is -2.25. The Morgan fingerprint density at radius 2 is 2.00 bits per heavy atom. The van der Waals surface area contributed by atoms with E-state index in [9.17, 15) is 9.59 Å². The molecule has 0 aromatic heterocycles. The van der Waals surface area contributed by atoms with Crippen LogP contribution in [0.2, 0.25) is 0 Å². The molecule has 0 unspecified atom stereocenters. The number of ether oxygens (including phenoxy) is 2. The second kappa shape index (κ2) is 8.26. The van der Waals surface area contributed by atoms with Gasteiger partial charge in [-0.05, 0) is 17.7 Å². The predicted molar refractivity (Wildman–Crippen MR) is 80.8 cm³/mol. The highest BCUT2D eigenvalue weighted by Gasteiger charge is 2.13. The molecule has 1 amide bonds. The van der Waals surface area contributed by atoms with Crippen molar-refractivity contribution in [3.05, 3.63) is 35.4 Å². The van der Waals surface area contributed by atoms with Crippen LogP contribution in [0.5, 0.6) is 0 Å². The van der Waals surface area contributed by atoms with E-state index in [1.54, 1.807) is 24.3 Å². The summed E-state index contributed by atoms with van der Waals surface area (Å²) in [7, 11) is 1.34. The fourth-order valence-corrected chi connectivity index (χ4v) is 2.00. The number of benzene rings is 1. The van der Waals surface area contributed by atoms with Crippen molar-refractivity contribution < 1.29 is 19.1 Å². The number of esters is 1. The van der Waals surface area contributed by atoms with Crippen molar-refractivity contribution in [3.63, 3.8) is 0 Å². The summed E-state index contributed by atoms with van der Waals surface area (Å²) >= 11 is 0. The lowest BCUT2D eigenvalue weighted by atomic mass is 10.1. The molecule has 1 aliphatic rings. The quantitative estimate of drug-likeness (QED) is 0.479. The third-order valence-corrected chi connectivity index (χ3v) is 3.21. The molecule has 0 radical (unpaired) electrons. The number of nitrogens with one attached hydrogen (secondary N) is 1. The number of hydrazone groups is 1. The van der Waals surface area contributed by atoms with Gasteiger partial charge in [0.15, 0.2) is 0 Å². The maximum Gasteiger partial charge on any atom is 0.337 e. The van der Waals surface area contributed by atoms with Crippen LogP contribution in [0.25, 0.3) is 0 Å². The summed E-state index contributed by atoms with van der Waals surface area (Å²) in [5.74, 6) is -0.549. The number of rotatable bonds is 5. The van der Waals surface area contributed by atoms with Crippen molar-refractivity contribution in [2.45, 2.75) is 0 Å². The van der Waals surface area contributed by atoms with Crippen LogP contribution in [0.1, 0.15) is 15.9 Å². The average Bonchev–Trinajstić information content (AvgIpc) is 2.55. The van der Waals surface area contributed by atoms with Gasteiger partial charge in [0.05, 0.1) is 38.6 Å². The summed E-state index contributed by atoms with van der Waals surface area (Å²) in [5.41, 5.74) is 3.73. The number of hydrogen-bond donors (Lipinski definition) is 1. The van der Waals surface area contributed by atoms with Crippen LogP contribution in [0, 0.1) is 0 Å². The largest absolute Gasteiger partial charge is 0.465 e. The van der Waals surface area contributed by atoms with E-state index in [0.717, 1.165) is 18.7 Å². The van der Waals surface area contributed by atoms with Gasteiger partial charge in [0.2, 0.25) is 0 Å². The molecule has 2 rings (SSSR count). The molecule has 1 aromatic rings. The summed E-state index contributed by atoms with van der Waals surface area (Å²) < 4.78 is 9.84. The Bertz CT molecular complexity index is 536. The highest BCUT2D eigenvalue weighted by atomic mass is 16.5. The SMILES string of the molecule is COC(=O)c1ccc(/C=N\NC(=O)CN2CCOCC2)cc1. The molecular formula is C15H19N3O4. The molecule has 22 heavy (non-hydrogen) atoms. The number of amides is 1. The minimum Gasteiger partial charge on any atom is -0.465 e. The van der Waals surface area contributed by atoms with Gasteiger partial charge < -0.3 is 9.47 Å². The highest BCUT2D eigenvalue weighted by Crippen LogP contribution is 2.03. The summed E-state index contributed by atoms with van der Waals surface area (Å²) in [4.78, 5) is 25.0. The molecule has 1 aliphatic heterocycles. The maximum atomic E-state index is 11.7. The lowest BCUT2D eigenvalue weighted by molar-refractivity contribution is -0.123. The van der Waals surface area contributed by atoms with Crippen molar-refractivity contribution in [3.8, 4) is 0 Å². The van der Waals surface area contributed by atoms with Gasteiger partial charge in [-0.2, -0.15) is 5.10 Å². The minimum atomic E-state index is -0.387. The Kier molecular flexibility index (Phi) is 6.05. The molecule has 1 saturated heterocycles. The second-order valence-electron chi connectivity index (χ2n) is 4.80. The first-order valence-electron chi connectivity index (χ1n) is 6.99. The van der Waals surface area contributed by atoms with Crippen molar-refractivity contribution in [1.29, 1.82) is 0 Å². The van der Waals surface area contributed by atoms with E-state index in [4.69, 9.17) is 4.74 Å². The van der Waals surface area contributed by atoms with E-state index in [-0.39, 0.29) is 11.9 Å². The smallest absolute Gasteiger partial charge is 0.337 e. The van der Waals surface area contributed by atoms with E-state index in [1.807, 2.05) is 4.90 Å². The number of carbonyl (C=O) groups excluding carboxylic acids is 2. The molecule has 7 heteroatoms. The van der Waals surface area contributed by atoms with E-state index < -0.39 is 0 Å². The summed E-state index contributed by atoms with van der Waals surface area (Å²) in [6.07, 6.45) is 1.53. The third-order valence-electron chi connectivity index (χ3n) is 3.21. The van der Waals surface area contributed by atoms with Crippen LogP contribution in [0.3, 0.4) is 0 Å². The second-order valence-corrected chi connectivity index (χ2v) is 4.80. The summed E-state index contributed by atoms with van der Waals surface area (Å²) in [5, 5.41) is 3.90.